The second-order valence-corrected chi connectivity index (χ2v) is 6.12. The van der Waals surface area contributed by atoms with Gasteiger partial charge in [-0.2, -0.15) is 0 Å². The van der Waals surface area contributed by atoms with Crippen LogP contribution in [-0.4, -0.2) is 40.5 Å². The van der Waals surface area contributed by atoms with Crippen LogP contribution in [0.2, 0.25) is 0 Å². The third-order valence-electron chi connectivity index (χ3n) is 4.10. The van der Waals surface area contributed by atoms with Gasteiger partial charge in [-0.25, -0.2) is 14.4 Å². The highest BCUT2D eigenvalue weighted by Gasteiger charge is 2.25. The predicted octanol–water partition coefficient (Wildman–Crippen LogP) is 2.86. The van der Waals surface area contributed by atoms with Gasteiger partial charge < -0.3 is 9.64 Å². The molecule has 1 aromatic carbocycles. The summed E-state index contributed by atoms with van der Waals surface area (Å²) in [6.07, 6.45) is 5.36. The molecule has 1 aromatic heterocycles. The average Bonchev–Trinajstić information content (AvgIpc) is 2.61. The molecular weight excluding hydrogens is 309 g/mol. The molecule has 0 N–H and O–H groups in total. The quantitative estimate of drug-likeness (QED) is 0.865. The maximum absolute atomic E-state index is 13.0. The molecule has 0 radical (unpaired) electrons. The summed E-state index contributed by atoms with van der Waals surface area (Å²) >= 11 is 0. The monoisotopic (exact) mass is 329 g/mol. The minimum absolute atomic E-state index is 0.0636. The Bertz CT molecular complexity index is 688. The Morgan fingerprint density at radius 3 is 2.71 bits per heavy atom. The van der Waals surface area contributed by atoms with Crippen molar-refractivity contribution in [2.24, 2.45) is 5.92 Å². The molecule has 0 bridgehead atoms. The molecule has 3 rings (SSSR count). The number of carbonyl (C=O) groups is 1. The van der Waals surface area contributed by atoms with Crippen LogP contribution in [0.5, 0.6) is 6.01 Å². The van der Waals surface area contributed by atoms with Gasteiger partial charge in [-0.1, -0.05) is 0 Å². The summed E-state index contributed by atoms with van der Waals surface area (Å²) in [6, 6.07) is 6.04. The van der Waals surface area contributed by atoms with Gasteiger partial charge in [0.25, 0.3) is 5.91 Å². The van der Waals surface area contributed by atoms with Gasteiger partial charge in [0, 0.05) is 37.0 Å². The highest BCUT2D eigenvalue weighted by Crippen LogP contribution is 2.19. The summed E-state index contributed by atoms with van der Waals surface area (Å²) in [5, 5.41) is 0. The highest BCUT2D eigenvalue weighted by molar-refractivity contribution is 5.94. The van der Waals surface area contributed by atoms with E-state index in [1.54, 1.807) is 17.3 Å². The lowest BCUT2D eigenvalue weighted by molar-refractivity contribution is 0.0628. The molecule has 5 nitrogen and oxygen atoms in total. The topological polar surface area (TPSA) is 55.3 Å². The molecule has 2 heterocycles. The van der Waals surface area contributed by atoms with Crippen molar-refractivity contribution >= 4 is 5.91 Å². The number of carbonyl (C=O) groups excluding carboxylic acids is 1. The standard InChI is InChI=1S/C18H20FN3O2/c1-13-9-20-18(21-10-13)24-12-14-3-2-8-22(11-14)17(23)15-4-6-16(19)7-5-15/h4-7,9-10,14H,2-3,8,11-12H2,1H3. The molecule has 1 fully saturated rings. The molecular formula is C18H20FN3O2. The SMILES string of the molecule is Cc1cnc(OCC2CCCN(C(=O)c3ccc(F)cc3)C2)nc1. The summed E-state index contributed by atoms with van der Waals surface area (Å²) in [5.41, 5.74) is 1.50. The maximum atomic E-state index is 13.0. The highest BCUT2D eigenvalue weighted by atomic mass is 19.1. The van der Waals surface area contributed by atoms with Crippen molar-refractivity contribution in [3.05, 3.63) is 53.6 Å². The first-order valence-electron chi connectivity index (χ1n) is 8.08. The van der Waals surface area contributed by atoms with Crippen LogP contribution >= 0.6 is 0 Å². The molecule has 24 heavy (non-hydrogen) atoms. The van der Waals surface area contributed by atoms with Crippen LogP contribution in [-0.2, 0) is 0 Å². The van der Waals surface area contributed by atoms with Crippen molar-refractivity contribution in [1.29, 1.82) is 0 Å². The van der Waals surface area contributed by atoms with Crippen LogP contribution in [0.25, 0.3) is 0 Å². The van der Waals surface area contributed by atoms with Crippen LogP contribution < -0.4 is 4.74 Å². The lowest BCUT2D eigenvalue weighted by Gasteiger charge is -2.32. The Labute approximate surface area is 140 Å². The molecule has 126 valence electrons. The van der Waals surface area contributed by atoms with E-state index in [0.717, 1.165) is 18.4 Å². The van der Waals surface area contributed by atoms with Gasteiger partial charge in [-0.15, -0.1) is 0 Å². The summed E-state index contributed by atoms with van der Waals surface area (Å²) in [7, 11) is 0. The fourth-order valence-corrected chi connectivity index (χ4v) is 2.81. The number of piperidine rings is 1. The first-order valence-corrected chi connectivity index (χ1v) is 8.08. The molecule has 1 saturated heterocycles. The Morgan fingerprint density at radius 1 is 1.29 bits per heavy atom. The zero-order valence-electron chi connectivity index (χ0n) is 13.6. The third kappa shape index (κ3) is 4.07. The van der Waals surface area contributed by atoms with Crippen molar-refractivity contribution in [1.82, 2.24) is 14.9 Å². The van der Waals surface area contributed by atoms with Crippen molar-refractivity contribution in [2.75, 3.05) is 19.7 Å². The van der Waals surface area contributed by atoms with E-state index in [1.165, 1.54) is 24.3 Å². The lowest BCUT2D eigenvalue weighted by atomic mass is 9.98. The Hall–Kier alpha value is -2.50. The normalized spacial score (nSPS) is 17.6. The summed E-state index contributed by atoms with van der Waals surface area (Å²) in [5.74, 6) is -0.158. The van der Waals surface area contributed by atoms with Crippen molar-refractivity contribution < 1.29 is 13.9 Å². The number of halogens is 1. The van der Waals surface area contributed by atoms with E-state index >= 15 is 0 Å². The molecule has 6 heteroatoms. The van der Waals surface area contributed by atoms with Gasteiger partial charge in [-0.3, -0.25) is 4.79 Å². The number of hydrogen-bond donors (Lipinski definition) is 0. The predicted molar refractivity (Wildman–Crippen MR) is 87.3 cm³/mol. The lowest BCUT2D eigenvalue weighted by Crippen LogP contribution is -2.41. The van der Waals surface area contributed by atoms with E-state index in [-0.39, 0.29) is 17.6 Å². The van der Waals surface area contributed by atoms with Gasteiger partial charge in [-0.05, 0) is 49.6 Å². The molecule has 1 aliphatic rings. The third-order valence-corrected chi connectivity index (χ3v) is 4.10. The fraction of sp³-hybridized carbons (Fsp3) is 0.389. The number of likely N-dealkylation sites (tertiary alicyclic amines) is 1. The number of amides is 1. The first-order chi connectivity index (χ1) is 11.6. The van der Waals surface area contributed by atoms with Crippen molar-refractivity contribution in [2.45, 2.75) is 19.8 Å². The molecule has 1 atom stereocenters. The second-order valence-electron chi connectivity index (χ2n) is 6.12. The van der Waals surface area contributed by atoms with Crippen LogP contribution in [0.4, 0.5) is 4.39 Å². The van der Waals surface area contributed by atoms with E-state index in [2.05, 4.69) is 9.97 Å². The molecule has 0 saturated carbocycles. The Kier molecular flexibility index (Phi) is 5.03. The smallest absolute Gasteiger partial charge is 0.316 e. The fourth-order valence-electron chi connectivity index (χ4n) is 2.81. The molecule has 0 aliphatic carbocycles. The van der Waals surface area contributed by atoms with Crippen molar-refractivity contribution in [3.63, 3.8) is 0 Å². The summed E-state index contributed by atoms with van der Waals surface area (Å²) in [4.78, 5) is 22.6. The summed E-state index contributed by atoms with van der Waals surface area (Å²) in [6.45, 7) is 3.75. The van der Waals surface area contributed by atoms with Gasteiger partial charge in [0.2, 0.25) is 0 Å². The van der Waals surface area contributed by atoms with Gasteiger partial charge >= 0.3 is 6.01 Å². The van der Waals surface area contributed by atoms with Crippen LogP contribution in [0.1, 0.15) is 28.8 Å². The average molecular weight is 329 g/mol. The minimum Gasteiger partial charge on any atom is -0.463 e. The summed E-state index contributed by atoms with van der Waals surface area (Å²) < 4.78 is 18.6. The second kappa shape index (κ2) is 7.38. The number of rotatable bonds is 4. The van der Waals surface area contributed by atoms with Crippen molar-refractivity contribution in [3.8, 4) is 6.01 Å². The van der Waals surface area contributed by atoms with Gasteiger partial charge in [0.1, 0.15) is 5.82 Å². The van der Waals surface area contributed by atoms with Crippen LogP contribution in [0, 0.1) is 18.7 Å². The first kappa shape index (κ1) is 16.4. The zero-order chi connectivity index (χ0) is 16.9. The van der Waals surface area contributed by atoms with Crippen LogP contribution in [0.15, 0.2) is 36.7 Å². The molecule has 2 aromatic rings. The van der Waals surface area contributed by atoms with Crippen LogP contribution in [0.3, 0.4) is 0 Å². The number of aromatic nitrogens is 2. The maximum Gasteiger partial charge on any atom is 0.316 e. The molecule has 1 amide bonds. The van der Waals surface area contributed by atoms with E-state index in [1.807, 2.05) is 6.92 Å². The number of hydrogen-bond acceptors (Lipinski definition) is 4. The molecule has 0 spiro atoms. The molecule has 1 aliphatic heterocycles. The van der Waals surface area contributed by atoms with E-state index in [9.17, 15) is 9.18 Å². The Morgan fingerprint density at radius 2 is 2.00 bits per heavy atom. The largest absolute Gasteiger partial charge is 0.463 e. The van der Waals surface area contributed by atoms with E-state index < -0.39 is 0 Å². The van der Waals surface area contributed by atoms with E-state index in [0.29, 0.717) is 31.3 Å². The zero-order valence-corrected chi connectivity index (χ0v) is 13.6. The number of aryl methyl sites for hydroxylation is 1. The minimum atomic E-state index is -0.338. The molecule has 1 unspecified atom stereocenters. The number of benzene rings is 1. The number of nitrogens with zero attached hydrogens (tertiary/aromatic N) is 3. The van der Waals surface area contributed by atoms with E-state index in [4.69, 9.17) is 4.74 Å². The van der Waals surface area contributed by atoms with Gasteiger partial charge in [0.15, 0.2) is 0 Å². The Balaban J connectivity index is 1.56. The van der Waals surface area contributed by atoms with Gasteiger partial charge in [0.05, 0.1) is 6.61 Å². The number of ether oxygens (including phenoxy) is 1.